The summed E-state index contributed by atoms with van der Waals surface area (Å²) in [5.74, 6) is -1.54. The molecule has 4 nitrogen and oxygen atoms in total. The molecular formula is C8H16N2O2. The van der Waals surface area contributed by atoms with Gasteiger partial charge in [0, 0.05) is 13.6 Å². The highest BCUT2D eigenvalue weighted by atomic mass is 16.2. The minimum atomic E-state index is -0.901. The lowest BCUT2D eigenvalue weighted by Crippen LogP contribution is -2.41. The van der Waals surface area contributed by atoms with Gasteiger partial charge in [-0.05, 0) is 5.41 Å². The molecule has 12 heavy (non-hydrogen) atoms. The zero-order valence-electron chi connectivity index (χ0n) is 8.05. The fraction of sp³-hybridized carbons (Fsp3) is 0.750. The van der Waals surface area contributed by atoms with Gasteiger partial charge in [0.25, 0.3) is 0 Å². The molecule has 4 heteroatoms. The van der Waals surface area contributed by atoms with Gasteiger partial charge in [-0.25, -0.2) is 0 Å². The highest BCUT2D eigenvalue weighted by Crippen LogP contribution is 2.13. The maximum atomic E-state index is 11.0. The monoisotopic (exact) mass is 172 g/mol. The molecule has 0 radical (unpaired) electrons. The summed E-state index contributed by atoms with van der Waals surface area (Å²) in [6.07, 6.45) is 0. The zero-order valence-corrected chi connectivity index (χ0v) is 8.05. The van der Waals surface area contributed by atoms with Crippen LogP contribution in [0.5, 0.6) is 0 Å². The summed E-state index contributed by atoms with van der Waals surface area (Å²) >= 11 is 0. The van der Waals surface area contributed by atoms with Crippen LogP contribution >= 0.6 is 0 Å². The molecule has 0 aliphatic heterocycles. The van der Waals surface area contributed by atoms with Crippen molar-refractivity contribution >= 4 is 11.8 Å². The van der Waals surface area contributed by atoms with E-state index < -0.39 is 11.8 Å². The SMILES string of the molecule is CN(CC(C)(C)C)C(=O)C(N)=O. The number of carbonyl (C=O) groups is 2. The van der Waals surface area contributed by atoms with E-state index in [4.69, 9.17) is 5.73 Å². The van der Waals surface area contributed by atoms with E-state index >= 15 is 0 Å². The molecular weight excluding hydrogens is 156 g/mol. The Hall–Kier alpha value is -1.06. The predicted molar refractivity (Wildman–Crippen MR) is 46.3 cm³/mol. The summed E-state index contributed by atoms with van der Waals surface area (Å²) in [6.45, 7) is 6.47. The van der Waals surface area contributed by atoms with Crippen LogP contribution in [0.4, 0.5) is 0 Å². The average Bonchev–Trinajstić information content (AvgIpc) is 1.82. The minimum Gasteiger partial charge on any atom is -0.361 e. The Morgan fingerprint density at radius 3 is 2.00 bits per heavy atom. The zero-order chi connectivity index (χ0) is 9.94. The topological polar surface area (TPSA) is 63.4 Å². The van der Waals surface area contributed by atoms with Crippen LogP contribution in [0, 0.1) is 5.41 Å². The molecule has 0 heterocycles. The molecule has 2 amide bonds. The summed E-state index contributed by atoms with van der Waals surface area (Å²) < 4.78 is 0. The second-order valence-electron chi connectivity index (χ2n) is 4.09. The van der Waals surface area contributed by atoms with Gasteiger partial charge in [0.05, 0.1) is 0 Å². The number of likely N-dealkylation sites (N-methyl/N-ethyl adjacent to an activating group) is 1. The van der Waals surface area contributed by atoms with Crippen molar-refractivity contribution in [3.05, 3.63) is 0 Å². The van der Waals surface area contributed by atoms with Crippen molar-refractivity contribution in [1.82, 2.24) is 4.90 Å². The van der Waals surface area contributed by atoms with E-state index in [-0.39, 0.29) is 5.41 Å². The normalized spacial score (nSPS) is 11.0. The Kier molecular flexibility index (Phi) is 3.24. The maximum Gasteiger partial charge on any atom is 0.311 e. The summed E-state index contributed by atoms with van der Waals surface area (Å²) in [4.78, 5) is 22.8. The smallest absolute Gasteiger partial charge is 0.311 e. The first-order valence-electron chi connectivity index (χ1n) is 3.79. The van der Waals surface area contributed by atoms with Gasteiger partial charge in [-0.1, -0.05) is 20.8 Å². The number of amides is 2. The molecule has 0 aromatic carbocycles. The Balaban J connectivity index is 4.14. The molecule has 70 valence electrons. The highest BCUT2D eigenvalue weighted by molar-refractivity contribution is 6.34. The van der Waals surface area contributed by atoms with Gasteiger partial charge in [-0.3, -0.25) is 9.59 Å². The lowest BCUT2D eigenvalue weighted by atomic mass is 9.96. The third-order valence-electron chi connectivity index (χ3n) is 1.27. The van der Waals surface area contributed by atoms with Gasteiger partial charge in [0.2, 0.25) is 0 Å². The predicted octanol–water partition coefficient (Wildman–Crippen LogP) is -0.0238. The van der Waals surface area contributed by atoms with Gasteiger partial charge in [0.15, 0.2) is 0 Å². The van der Waals surface area contributed by atoms with E-state index in [0.717, 1.165) is 0 Å². The van der Waals surface area contributed by atoms with Crippen LogP contribution in [0.2, 0.25) is 0 Å². The lowest BCUT2D eigenvalue weighted by Gasteiger charge is -2.25. The lowest BCUT2D eigenvalue weighted by molar-refractivity contribution is -0.143. The number of nitrogens with two attached hydrogens (primary N) is 1. The van der Waals surface area contributed by atoms with Crippen molar-refractivity contribution in [2.24, 2.45) is 11.1 Å². The van der Waals surface area contributed by atoms with Crippen molar-refractivity contribution in [3.8, 4) is 0 Å². The fourth-order valence-electron chi connectivity index (χ4n) is 0.971. The van der Waals surface area contributed by atoms with Gasteiger partial charge in [0.1, 0.15) is 0 Å². The van der Waals surface area contributed by atoms with Crippen LogP contribution in [-0.4, -0.2) is 30.3 Å². The number of carbonyl (C=O) groups excluding carboxylic acids is 2. The molecule has 0 saturated carbocycles. The molecule has 0 rings (SSSR count). The molecule has 0 fully saturated rings. The number of rotatable bonds is 1. The minimum absolute atomic E-state index is 0.0140. The Bertz CT molecular complexity index is 194. The fourth-order valence-corrected chi connectivity index (χ4v) is 0.971. The molecule has 0 aromatic rings. The molecule has 0 bridgehead atoms. The van der Waals surface area contributed by atoms with E-state index in [9.17, 15) is 9.59 Å². The number of hydrogen-bond donors (Lipinski definition) is 1. The summed E-state index contributed by atoms with van der Waals surface area (Å²) in [5, 5.41) is 0. The maximum absolute atomic E-state index is 11.0. The average molecular weight is 172 g/mol. The van der Waals surface area contributed by atoms with E-state index in [2.05, 4.69) is 0 Å². The van der Waals surface area contributed by atoms with Crippen LogP contribution in [0.25, 0.3) is 0 Å². The molecule has 0 aliphatic rings. The Morgan fingerprint density at radius 2 is 1.75 bits per heavy atom. The first-order valence-corrected chi connectivity index (χ1v) is 3.79. The van der Waals surface area contributed by atoms with E-state index in [1.807, 2.05) is 20.8 Å². The highest BCUT2D eigenvalue weighted by Gasteiger charge is 2.20. The van der Waals surface area contributed by atoms with Crippen molar-refractivity contribution in [3.63, 3.8) is 0 Å². The van der Waals surface area contributed by atoms with Crippen molar-refractivity contribution in [2.75, 3.05) is 13.6 Å². The Labute approximate surface area is 72.7 Å². The summed E-state index contributed by atoms with van der Waals surface area (Å²) in [5.41, 5.74) is 4.81. The molecule has 2 N–H and O–H groups in total. The van der Waals surface area contributed by atoms with Crippen molar-refractivity contribution in [2.45, 2.75) is 20.8 Å². The van der Waals surface area contributed by atoms with Crippen LogP contribution in [0.15, 0.2) is 0 Å². The Morgan fingerprint density at radius 1 is 1.33 bits per heavy atom. The van der Waals surface area contributed by atoms with Gasteiger partial charge in [-0.15, -0.1) is 0 Å². The first-order chi connectivity index (χ1) is 5.24. The van der Waals surface area contributed by atoms with Crippen molar-refractivity contribution in [1.29, 1.82) is 0 Å². The largest absolute Gasteiger partial charge is 0.361 e. The van der Waals surface area contributed by atoms with Gasteiger partial charge in [-0.2, -0.15) is 0 Å². The molecule has 0 aliphatic carbocycles. The third-order valence-corrected chi connectivity index (χ3v) is 1.27. The molecule has 0 saturated heterocycles. The number of nitrogens with zero attached hydrogens (tertiary/aromatic N) is 1. The molecule has 0 aromatic heterocycles. The first kappa shape index (κ1) is 10.9. The number of hydrogen-bond acceptors (Lipinski definition) is 2. The third kappa shape index (κ3) is 3.95. The van der Waals surface area contributed by atoms with E-state index in [0.29, 0.717) is 6.54 Å². The summed E-state index contributed by atoms with van der Waals surface area (Å²) in [6, 6.07) is 0. The van der Waals surface area contributed by atoms with Crippen LogP contribution in [-0.2, 0) is 9.59 Å². The van der Waals surface area contributed by atoms with Crippen LogP contribution in [0.1, 0.15) is 20.8 Å². The quantitative estimate of drug-likeness (QED) is 0.565. The van der Waals surface area contributed by atoms with E-state index in [1.54, 1.807) is 7.05 Å². The second-order valence-corrected chi connectivity index (χ2v) is 4.09. The van der Waals surface area contributed by atoms with Crippen LogP contribution in [0.3, 0.4) is 0 Å². The van der Waals surface area contributed by atoms with Crippen LogP contribution < -0.4 is 5.73 Å². The van der Waals surface area contributed by atoms with E-state index in [1.165, 1.54) is 4.90 Å². The second kappa shape index (κ2) is 3.56. The van der Waals surface area contributed by atoms with Crippen molar-refractivity contribution < 1.29 is 9.59 Å². The molecule has 0 spiro atoms. The summed E-state index contributed by atoms with van der Waals surface area (Å²) in [7, 11) is 1.57. The van der Waals surface area contributed by atoms with Gasteiger partial charge < -0.3 is 10.6 Å². The number of primary amides is 1. The van der Waals surface area contributed by atoms with Gasteiger partial charge >= 0.3 is 11.8 Å². The standard InChI is InChI=1S/C8H16N2O2/c1-8(2,3)5-10(4)7(12)6(9)11/h5H2,1-4H3,(H2,9,11). The molecule has 0 atom stereocenters. The molecule has 0 unspecified atom stereocenters.